The van der Waals surface area contributed by atoms with Crippen LogP contribution in [-0.2, 0) is 0 Å². The second-order valence-electron chi connectivity index (χ2n) is 1.94. The van der Waals surface area contributed by atoms with Crippen molar-refractivity contribution in [2.75, 3.05) is 0 Å². The van der Waals surface area contributed by atoms with Crippen LogP contribution in [0.3, 0.4) is 0 Å². The van der Waals surface area contributed by atoms with E-state index >= 15 is 0 Å². The van der Waals surface area contributed by atoms with Crippen LogP contribution in [0.2, 0.25) is 0 Å². The molecule has 0 saturated carbocycles. The first-order valence-corrected chi connectivity index (χ1v) is 3.55. The van der Waals surface area contributed by atoms with Crippen LogP contribution in [0.15, 0.2) is 11.6 Å². The Morgan fingerprint density at radius 3 is 2.00 bits per heavy atom. The third-order valence-electron chi connectivity index (χ3n) is 1.27. The molecule has 9 heavy (non-hydrogen) atoms. The average molecular weight is 128 g/mol. The van der Waals surface area contributed by atoms with Crippen molar-refractivity contribution >= 4 is 0 Å². The molecule has 0 aromatic heterocycles. The molecule has 0 heterocycles. The van der Waals surface area contributed by atoms with Gasteiger partial charge in [0.05, 0.1) is 0 Å². The Morgan fingerprint density at radius 1 is 1.33 bits per heavy atom. The molecule has 0 fully saturated rings. The Balaban J connectivity index is 0. The summed E-state index contributed by atoms with van der Waals surface area (Å²) in [6, 6.07) is 0. The second-order valence-corrected chi connectivity index (χ2v) is 1.94. The van der Waals surface area contributed by atoms with Crippen LogP contribution in [0, 0.1) is 0 Å². The van der Waals surface area contributed by atoms with E-state index in [1.165, 1.54) is 19.3 Å². The lowest BCUT2D eigenvalue weighted by Gasteiger charge is -1.79. The molecule has 0 bridgehead atoms. The summed E-state index contributed by atoms with van der Waals surface area (Å²) in [5.41, 5.74) is 1.58. The third kappa shape index (κ3) is 5.61. The molecule has 0 aromatic carbocycles. The molecular formula is C9H20. The molecular weight excluding hydrogens is 108 g/mol. The molecule has 56 valence electrons. The smallest absolute Gasteiger partial charge is 0.0320 e. The van der Waals surface area contributed by atoms with Gasteiger partial charge in [-0.1, -0.05) is 32.9 Å². The zero-order chi connectivity index (χ0) is 6.41. The van der Waals surface area contributed by atoms with Gasteiger partial charge in [0.25, 0.3) is 0 Å². The van der Waals surface area contributed by atoms with Crippen molar-refractivity contribution < 1.29 is 0 Å². The normalized spacial score (nSPS) is 14.8. The summed E-state index contributed by atoms with van der Waals surface area (Å²) in [5.74, 6) is 0. The van der Waals surface area contributed by atoms with Crippen molar-refractivity contribution in [3.05, 3.63) is 11.6 Å². The van der Waals surface area contributed by atoms with E-state index in [1.54, 1.807) is 5.57 Å². The molecule has 0 amide bonds. The van der Waals surface area contributed by atoms with Gasteiger partial charge in [-0.15, -0.1) is 0 Å². The summed E-state index contributed by atoms with van der Waals surface area (Å²) in [5, 5.41) is 0. The van der Waals surface area contributed by atoms with Crippen molar-refractivity contribution in [1.82, 2.24) is 0 Å². The van der Waals surface area contributed by atoms with Gasteiger partial charge in [0.15, 0.2) is 0 Å². The van der Waals surface area contributed by atoms with Gasteiger partial charge in [-0.2, -0.15) is 0 Å². The fourth-order valence-electron chi connectivity index (χ4n) is 0.831. The quantitative estimate of drug-likeness (QED) is 0.435. The molecule has 0 unspecified atom stereocenters. The lowest BCUT2D eigenvalue weighted by molar-refractivity contribution is 0.907. The van der Waals surface area contributed by atoms with Crippen molar-refractivity contribution in [2.24, 2.45) is 0 Å². The SMILES string of the molecule is C.CC.CC1=CCCC1. The van der Waals surface area contributed by atoms with E-state index in [-0.39, 0.29) is 7.43 Å². The van der Waals surface area contributed by atoms with E-state index in [1.807, 2.05) is 13.8 Å². The van der Waals surface area contributed by atoms with Gasteiger partial charge in [0, 0.05) is 0 Å². The van der Waals surface area contributed by atoms with Crippen LogP contribution in [0.4, 0.5) is 0 Å². The summed E-state index contributed by atoms with van der Waals surface area (Å²) in [6.07, 6.45) is 6.39. The summed E-state index contributed by atoms with van der Waals surface area (Å²) >= 11 is 0. The number of rotatable bonds is 0. The molecule has 0 aliphatic heterocycles. The zero-order valence-electron chi connectivity index (χ0n) is 6.20. The van der Waals surface area contributed by atoms with Crippen LogP contribution in [-0.4, -0.2) is 0 Å². The second kappa shape index (κ2) is 7.74. The van der Waals surface area contributed by atoms with Crippen LogP contribution in [0.25, 0.3) is 0 Å². The Bertz CT molecular complexity index is 70.1. The third-order valence-corrected chi connectivity index (χ3v) is 1.27. The van der Waals surface area contributed by atoms with Crippen LogP contribution >= 0.6 is 0 Å². The molecule has 0 saturated heterocycles. The molecule has 0 radical (unpaired) electrons. The number of hydrogen-bond donors (Lipinski definition) is 0. The fourth-order valence-corrected chi connectivity index (χ4v) is 0.831. The maximum absolute atomic E-state index is 2.32. The van der Waals surface area contributed by atoms with Gasteiger partial charge in [-0.3, -0.25) is 0 Å². The van der Waals surface area contributed by atoms with Gasteiger partial charge in [0.2, 0.25) is 0 Å². The predicted molar refractivity (Wildman–Crippen MR) is 45.7 cm³/mol. The first kappa shape index (κ1) is 11.5. The van der Waals surface area contributed by atoms with E-state index in [2.05, 4.69) is 13.0 Å². The molecule has 1 rings (SSSR count). The van der Waals surface area contributed by atoms with E-state index in [9.17, 15) is 0 Å². The molecule has 0 N–H and O–H groups in total. The highest BCUT2D eigenvalue weighted by molar-refractivity contribution is 5.02. The van der Waals surface area contributed by atoms with E-state index < -0.39 is 0 Å². The van der Waals surface area contributed by atoms with E-state index in [4.69, 9.17) is 0 Å². The lowest BCUT2D eigenvalue weighted by Crippen LogP contribution is -1.59. The Labute approximate surface area is 60.0 Å². The predicted octanol–water partition coefficient (Wildman–Crippen LogP) is 3.78. The lowest BCUT2D eigenvalue weighted by atomic mass is 10.3. The summed E-state index contributed by atoms with van der Waals surface area (Å²) in [7, 11) is 0. The van der Waals surface area contributed by atoms with Gasteiger partial charge in [-0.05, 0) is 26.2 Å². The van der Waals surface area contributed by atoms with Gasteiger partial charge in [-0.25, -0.2) is 0 Å². The van der Waals surface area contributed by atoms with E-state index in [0.29, 0.717) is 0 Å². The van der Waals surface area contributed by atoms with Crippen LogP contribution in [0.1, 0.15) is 47.5 Å². The number of allylic oxidation sites excluding steroid dienone is 2. The van der Waals surface area contributed by atoms with Crippen LogP contribution < -0.4 is 0 Å². The first-order valence-electron chi connectivity index (χ1n) is 3.55. The molecule has 0 aromatic rings. The standard InChI is InChI=1S/C6H10.C2H6.CH4/c1-6-4-2-3-5-6;1-2;/h4H,2-3,5H2,1H3;1-2H3;1H4. The first-order chi connectivity index (χ1) is 3.89. The maximum atomic E-state index is 2.32. The highest BCUT2D eigenvalue weighted by Gasteiger charge is 1.94. The van der Waals surface area contributed by atoms with Crippen molar-refractivity contribution in [2.45, 2.75) is 47.5 Å². The topological polar surface area (TPSA) is 0 Å². The summed E-state index contributed by atoms with van der Waals surface area (Å²) in [4.78, 5) is 0. The maximum Gasteiger partial charge on any atom is -0.0320 e. The summed E-state index contributed by atoms with van der Waals surface area (Å²) in [6.45, 7) is 6.20. The molecule has 0 heteroatoms. The Hall–Kier alpha value is -0.260. The van der Waals surface area contributed by atoms with Crippen molar-refractivity contribution in [3.63, 3.8) is 0 Å². The Kier molecular flexibility index (Phi) is 9.91. The number of hydrogen-bond acceptors (Lipinski definition) is 0. The monoisotopic (exact) mass is 128 g/mol. The van der Waals surface area contributed by atoms with Gasteiger partial charge < -0.3 is 0 Å². The minimum absolute atomic E-state index is 0. The van der Waals surface area contributed by atoms with Gasteiger partial charge >= 0.3 is 0 Å². The van der Waals surface area contributed by atoms with Crippen LogP contribution in [0.5, 0.6) is 0 Å². The molecule has 0 spiro atoms. The molecule has 1 aliphatic carbocycles. The molecule has 1 aliphatic rings. The van der Waals surface area contributed by atoms with E-state index in [0.717, 1.165) is 0 Å². The minimum Gasteiger partial charge on any atom is -0.0856 e. The average Bonchev–Trinajstić information content (AvgIpc) is 2.24. The molecule has 0 nitrogen and oxygen atoms in total. The highest BCUT2D eigenvalue weighted by atomic mass is 14.0. The summed E-state index contributed by atoms with van der Waals surface area (Å²) < 4.78 is 0. The Morgan fingerprint density at radius 2 is 1.89 bits per heavy atom. The van der Waals surface area contributed by atoms with Crippen molar-refractivity contribution in [1.29, 1.82) is 0 Å². The van der Waals surface area contributed by atoms with Gasteiger partial charge in [0.1, 0.15) is 0 Å². The molecule has 0 atom stereocenters. The zero-order valence-corrected chi connectivity index (χ0v) is 6.20. The fraction of sp³-hybridized carbons (Fsp3) is 0.778. The van der Waals surface area contributed by atoms with Crippen molar-refractivity contribution in [3.8, 4) is 0 Å². The highest BCUT2D eigenvalue weighted by Crippen LogP contribution is 2.15. The minimum atomic E-state index is 0. The largest absolute Gasteiger partial charge is 0.0856 e.